The number of carbonyl (C=O) groups is 1. The van der Waals surface area contributed by atoms with Gasteiger partial charge < -0.3 is 14.5 Å². The molecule has 1 amide bonds. The standard InChI is InChI=1S/C20H27N3O3S/c1-14-9-10-15(2)17(11-14)25-12-19-22-23-20(26-19)27-13-18(24)21-16-7-5-3-4-6-8-16/h9-11,16H,3-8,12-13H2,1-2H3,(H,21,24). The maximum atomic E-state index is 12.1. The molecule has 0 saturated heterocycles. The van der Waals surface area contributed by atoms with Gasteiger partial charge in [-0.2, -0.15) is 0 Å². The van der Waals surface area contributed by atoms with Crippen molar-refractivity contribution in [2.24, 2.45) is 0 Å². The summed E-state index contributed by atoms with van der Waals surface area (Å²) >= 11 is 1.26. The van der Waals surface area contributed by atoms with E-state index in [4.69, 9.17) is 9.15 Å². The number of aromatic nitrogens is 2. The Labute approximate surface area is 164 Å². The third kappa shape index (κ3) is 6.27. The highest BCUT2D eigenvalue weighted by Crippen LogP contribution is 2.22. The van der Waals surface area contributed by atoms with Crippen LogP contribution in [0, 0.1) is 13.8 Å². The van der Waals surface area contributed by atoms with Crippen molar-refractivity contribution in [2.75, 3.05) is 5.75 Å². The highest BCUT2D eigenvalue weighted by Gasteiger charge is 2.16. The Kier molecular flexibility index (Phi) is 7.15. The molecular formula is C20H27N3O3S. The molecule has 2 aromatic rings. The molecule has 1 fully saturated rings. The summed E-state index contributed by atoms with van der Waals surface area (Å²) in [7, 11) is 0. The average Bonchev–Trinajstić information content (AvgIpc) is 2.96. The van der Waals surface area contributed by atoms with Crippen LogP contribution in [0.15, 0.2) is 27.8 Å². The minimum atomic E-state index is 0.0262. The first-order valence-corrected chi connectivity index (χ1v) is 10.5. The Morgan fingerprint density at radius 2 is 2.00 bits per heavy atom. The van der Waals surface area contributed by atoms with Crippen LogP contribution in [0.3, 0.4) is 0 Å². The second-order valence-corrected chi connectivity index (χ2v) is 7.99. The minimum absolute atomic E-state index is 0.0262. The van der Waals surface area contributed by atoms with Crippen LogP contribution in [-0.2, 0) is 11.4 Å². The lowest BCUT2D eigenvalue weighted by molar-refractivity contribution is -0.119. The average molecular weight is 390 g/mol. The monoisotopic (exact) mass is 389 g/mol. The Morgan fingerprint density at radius 1 is 1.22 bits per heavy atom. The van der Waals surface area contributed by atoms with E-state index in [1.807, 2.05) is 32.0 Å². The van der Waals surface area contributed by atoms with E-state index in [0.29, 0.717) is 17.2 Å². The molecule has 1 N–H and O–H groups in total. The Hall–Kier alpha value is -2.02. The predicted octanol–water partition coefficient (Wildman–Crippen LogP) is 4.20. The summed E-state index contributed by atoms with van der Waals surface area (Å²) in [6.07, 6.45) is 7.11. The molecule has 0 bridgehead atoms. The van der Waals surface area contributed by atoms with E-state index in [-0.39, 0.29) is 18.3 Å². The Morgan fingerprint density at radius 3 is 2.78 bits per heavy atom. The first kappa shape index (κ1) is 19.7. The number of hydrogen-bond donors (Lipinski definition) is 1. The number of nitrogens with zero attached hydrogens (tertiary/aromatic N) is 2. The van der Waals surface area contributed by atoms with Crippen LogP contribution in [0.25, 0.3) is 0 Å². The zero-order chi connectivity index (χ0) is 19.1. The number of thioether (sulfide) groups is 1. The van der Waals surface area contributed by atoms with Crippen molar-refractivity contribution in [2.45, 2.75) is 70.2 Å². The topological polar surface area (TPSA) is 77.2 Å². The molecule has 0 aliphatic heterocycles. The van der Waals surface area contributed by atoms with Crippen LogP contribution in [0.4, 0.5) is 0 Å². The number of aryl methyl sites for hydroxylation is 2. The molecule has 1 aliphatic carbocycles. The van der Waals surface area contributed by atoms with E-state index in [9.17, 15) is 4.79 Å². The second-order valence-electron chi connectivity index (χ2n) is 7.06. The zero-order valence-electron chi connectivity index (χ0n) is 16.0. The van der Waals surface area contributed by atoms with Crippen molar-refractivity contribution in [3.8, 4) is 5.75 Å². The molecule has 0 unspecified atom stereocenters. The molecule has 146 valence electrons. The van der Waals surface area contributed by atoms with E-state index >= 15 is 0 Å². The molecule has 1 heterocycles. The van der Waals surface area contributed by atoms with Gasteiger partial charge in [-0.3, -0.25) is 4.79 Å². The summed E-state index contributed by atoms with van der Waals surface area (Å²) in [6.45, 7) is 4.23. The van der Waals surface area contributed by atoms with Crippen molar-refractivity contribution < 1.29 is 13.9 Å². The van der Waals surface area contributed by atoms with Gasteiger partial charge in [-0.25, -0.2) is 0 Å². The number of benzene rings is 1. The number of nitrogens with one attached hydrogen (secondary N) is 1. The van der Waals surface area contributed by atoms with Crippen LogP contribution >= 0.6 is 11.8 Å². The number of amides is 1. The smallest absolute Gasteiger partial charge is 0.277 e. The summed E-state index contributed by atoms with van der Waals surface area (Å²) in [6, 6.07) is 6.36. The summed E-state index contributed by atoms with van der Waals surface area (Å²) in [4.78, 5) is 12.1. The van der Waals surface area contributed by atoms with Gasteiger partial charge in [-0.15, -0.1) is 10.2 Å². The van der Waals surface area contributed by atoms with Crippen molar-refractivity contribution in [1.82, 2.24) is 15.5 Å². The van der Waals surface area contributed by atoms with Crippen molar-refractivity contribution in [3.63, 3.8) is 0 Å². The Bertz CT molecular complexity index is 755. The molecular weight excluding hydrogens is 362 g/mol. The highest BCUT2D eigenvalue weighted by molar-refractivity contribution is 7.99. The first-order chi connectivity index (χ1) is 13.1. The quantitative estimate of drug-likeness (QED) is 0.565. The molecule has 1 aromatic carbocycles. The fourth-order valence-corrected chi connectivity index (χ4v) is 3.77. The normalized spacial score (nSPS) is 15.3. The van der Waals surface area contributed by atoms with E-state index < -0.39 is 0 Å². The molecule has 1 aliphatic rings. The van der Waals surface area contributed by atoms with Gasteiger partial charge in [0.15, 0.2) is 6.61 Å². The maximum absolute atomic E-state index is 12.1. The van der Waals surface area contributed by atoms with E-state index in [2.05, 4.69) is 15.5 Å². The third-order valence-electron chi connectivity index (χ3n) is 4.69. The van der Waals surface area contributed by atoms with E-state index in [1.165, 1.54) is 37.4 Å². The number of ether oxygens (including phenoxy) is 1. The molecule has 0 radical (unpaired) electrons. The molecule has 3 rings (SSSR count). The largest absolute Gasteiger partial charge is 0.484 e. The zero-order valence-corrected chi connectivity index (χ0v) is 16.8. The van der Waals surface area contributed by atoms with Gasteiger partial charge in [0.2, 0.25) is 5.91 Å². The molecule has 0 atom stereocenters. The van der Waals surface area contributed by atoms with Crippen molar-refractivity contribution in [1.29, 1.82) is 0 Å². The first-order valence-electron chi connectivity index (χ1n) is 9.55. The van der Waals surface area contributed by atoms with Gasteiger partial charge >= 0.3 is 0 Å². The fraction of sp³-hybridized carbons (Fsp3) is 0.550. The molecule has 1 saturated carbocycles. The van der Waals surface area contributed by atoms with Gasteiger partial charge in [0.25, 0.3) is 11.1 Å². The van der Waals surface area contributed by atoms with E-state index in [0.717, 1.165) is 29.7 Å². The number of hydrogen-bond acceptors (Lipinski definition) is 6. The second kappa shape index (κ2) is 9.78. The van der Waals surface area contributed by atoms with Gasteiger partial charge in [0, 0.05) is 6.04 Å². The van der Waals surface area contributed by atoms with Crippen LogP contribution in [0.1, 0.15) is 55.5 Å². The number of carbonyl (C=O) groups excluding carboxylic acids is 1. The lowest BCUT2D eigenvalue weighted by Gasteiger charge is -2.15. The lowest BCUT2D eigenvalue weighted by atomic mass is 10.1. The van der Waals surface area contributed by atoms with Crippen LogP contribution < -0.4 is 10.1 Å². The van der Waals surface area contributed by atoms with Gasteiger partial charge in [0.1, 0.15) is 5.75 Å². The molecule has 0 spiro atoms. The van der Waals surface area contributed by atoms with E-state index in [1.54, 1.807) is 0 Å². The van der Waals surface area contributed by atoms with Crippen LogP contribution in [-0.4, -0.2) is 27.9 Å². The predicted molar refractivity (Wildman–Crippen MR) is 105 cm³/mol. The minimum Gasteiger partial charge on any atom is -0.484 e. The van der Waals surface area contributed by atoms with Gasteiger partial charge in [0.05, 0.1) is 5.75 Å². The fourth-order valence-electron chi connectivity index (χ4n) is 3.18. The van der Waals surface area contributed by atoms with Crippen molar-refractivity contribution >= 4 is 17.7 Å². The third-order valence-corrected chi connectivity index (χ3v) is 5.51. The molecule has 6 nitrogen and oxygen atoms in total. The van der Waals surface area contributed by atoms with Gasteiger partial charge in [-0.1, -0.05) is 49.6 Å². The SMILES string of the molecule is Cc1ccc(C)c(OCc2nnc(SCC(=O)NC3CCCCCC3)o2)c1. The van der Waals surface area contributed by atoms with Crippen LogP contribution in [0.2, 0.25) is 0 Å². The highest BCUT2D eigenvalue weighted by atomic mass is 32.2. The number of rotatable bonds is 7. The van der Waals surface area contributed by atoms with Gasteiger partial charge in [-0.05, 0) is 43.9 Å². The summed E-state index contributed by atoms with van der Waals surface area (Å²) < 4.78 is 11.3. The van der Waals surface area contributed by atoms with Crippen LogP contribution in [0.5, 0.6) is 5.75 Å². The summed E-state index contributed by atoms with van der Waals surface area (Å²) in [5.41, 5.74) is 2.20. The molecule has 1 aromatic heterocycles. The lowest BCUT2D eigenvalue weighted by Crippen LogP contribution is -2.35. The maximum Gasteiger partial charge on any atom is 0.277 e. The Balaban J connectivity index is 1.43. The summed E-state index contributed by atoms with van der Waals surface area (Å²) in [5, 5.41) is 11.5. The summed E-state index contributed by atoms with van der Waals surface area (Å²) in [5.74, 6) is 1.53. The molecule has 7 heteroatoms. The van der Waals surface area contributed by atoms with Crippen molar-refractivity contribution in [3.05, 3.63) is 35.2 Å². The molecule has 27 heavy (non-hydrogen) atoms.